The van der Waals surface area contributed by atoms with E-state index in [9.17, 15) is 13.6 Å². The third kappa shape index (κ3) is 4.05. The molecule has 0 aliphatic rings. The van der Waals surface area contributed by atoms with E-state index >= 15 is 0 Å². The van der Waals surface area contributed by atoms with Crippen LogP contribution in [0.5, 0.6) is 5.75 Å². The molecule has 3 aromatic rings. The molecule has 2 aromatic carbocycles. The topological polar surface area (TPSA) is 56.2 Å². The van der Waals surface area contributed by atoms with Crippen molar-refractivity contribution >= 4 is 5.91 Å². The number of aromatic nitrogens is 2. The van der Waals surface area contributed by atoms with Crippen molar-refractivity contribution in [2.75, 3.05) is 6.61 Å². The Morgan fingerprint density at radius 3 is 2.73 bits per heavy atom. The second-order valence-corrected chi connectivity index (χ2v) is 5.67. The largest absolute Gasteiger partial charge is 0.481 e. The molecule has 0 fully saturated rings. The molecule has 1 heterocycles. The minimum Gasteiger partial charge on any atom is -0.481 e. The third-order valence-electron chi connectivity index (χ3n) is 3.80. The highest BCUT2D eigenvalue weighted by Gasteiger charge is 2.21. The van der Waals surface area contributed by atoms with Crippen molar-refractivity contribution in [3.63, 3.8) is 0 Å². The number of amides is 1. The van der Waals surface area contributed by atoms with Crippen LogP contribution in [0.1, 0.15) is 17.4 Å². The molecule has 0 bridgehead atoms. The van der Waals surface area contributed by atoms with E-state index in [0.717, 1.165) is 0 Å². The number of halogens is 2. The Balaban J connectivity index is 1.76. The van der Waals surface area contributed by atoms with Gasteiger partial charge in [0, 0.05) is 19.4 Å². The standard InChI is InChI=1S/C19H17F2N3O2/c1-24-10-9-22-19(24)18(13-5-4-6-14(20)11-13)23-17(25)12-26-16-8-3-2-7-15(16)21/h2-11,18H,12H2,1H3,(H,23,25)/t18-/m0/s1. The molecule has 0 saturated heterocycles. The number of carbonyl (C=O) groups excluding carboxylic acids is 1. The molecule has 1 atom stereocenters. The van der Waals surface area contributed by atoms with Crippen molar-refractivity contribution in [2.24, 2.45) is 7.05 Å². The summed E-state index contributed by atoms with van der Waals surface area (Å²) in [5.41, 5.74) is 0.540. The zero-order valence-corrected chi connectivity index (χ0v) is 14.0. The monoisotopic (exact) mass is 357 g/mol. The number of ether oxygens (including phenoxy) is 1. The summed E-state index contributed by atoms with van der Waals surface area (Å²) in [4.78, 5) is 16.5. The second-order valence-electron chi connectivity index (χ2n) is 5.67. The Bertz CT molecular complexity index is 911. The summed E-state index contributed by atoms with van der Waals surface area (Å²) in [6.45, 7) is -0.378. The van der Waals surface area contributed by atoms with Crippen molar-refractivity contribution < 1.29 is 18.3 Å². The summed E-state index contributed by atoms with van der Waals surface area (Å²) in [7, 11) is 1.77. The molecule has 1 aromatic heterocycles. The quantitative estimate of drug-likeness (QED) is 0.738. The zero-order valence-electron chi connectivity index (χ0n) is 14.0. The van der Waals surface area contributed by atoms with Gasteiger partial charge in [0.2, 0.25) is 0 Å². The van der Waals surface area contributed by atoms with Crippen molar-refractivity contribution in [3.05, 3.63) is 83.9 Å². The molecule has 3 rings (SSSR count). The van der Waals surface area contributed by atoms with Crippen molar-refractivity contribution in [3.8, 4) is 5.75 Å². The minimum absolute atomic E-state index is 0.0121. The number of hydrogen-bond acceptors (Lipinski definition) is 3. The molecule has 0 aliphatic heterocycles. The van der Waals surface area contributed by atoms with E-state index in [2.05, 4.69) is 10.3 Å². The van der Waals surface area contributed by atoms with Gasteiger partial charge in [-0.2, -0.15) is 0 Å². The first-order valence-corrected chi connectivity index (χ1v) is 7.94. The molecule has 134 valence electrons. The maximum atomic E-state index is 13.6. The second kappa shape index (κ2) is 7.77. The number of hydrogen-bond donors (Lipinski definition) is 1. The first-order valence-electron chi connectivity index (χ1n) is 7.94. The van der Waals surface area contributed by atoms with Crippen LogP contribution in [0.3, 0.4) is 0 Å². The molecule has 26 heavy (non-hydrogen) atoms. The van der Waals surface area contributed by atoms with Gasteiger partial charge in [-0.05, 0) is 29.8 Å². The summed E-state index contributed by atoms with van der Waals surface area (Å²) in [6.07, 6.45) is 3.31. The predicted octanol–water partition coefficient (Wildman–Crippen LogP) is 2.98. The van der Waals surface area contributed by atoms with Crippen LogP contribution in [-0.2, 0) is 11.8 Å². The van der Waals surface area contributed by atoms with Crippen molar-refractivity contribution in [1.29, 1.82) is 0 Å². The highest BCUT2D eigenvalue weighted by Crippen LogP contribution is 2.21. The van der Waals surface area contributed by atoms with Crippen LogP contribution in [0.4, 0.5) is 8.78 Å². The molecule has 1 N–H and O–H groups in total. The lowest BCUT2D eigenvalue weighted by Gasteiger charge is -2.19. The number of rotatable bonds is 6. The number of imidazole rings is 1. The molecule has 7 heteroatoms. The highest BCUT2D eigenvalue weighted by molar-refractivity contribution is 5.78. The predicted molar refractivity (Wildman–Crippen MR) is 91.5 cm³/mol. The van der Waals surface area contributed by atoms with Crippen LogP contribution in [0, 0.1) is 11.6 Å². The van der Waals surface area contributed by atoms with Gasteiger partial charge >= 0.3 is 0 Å². The Labute approximate surface area is 149 Å². The first-order chi connectivity index (χ1) is 12.5. The smallest absolute Gasteiger partial charge is 0.258 e. The average Bonchev–Trinajstić information content (AvgIpc) is 3.05. The molecule has 1 amide bonds. The lowest BCUT2D eigenvalue weighted by Crippen LogP contribution is -2.34. The highest BCUT2D eigenvalue weighted by atomic mass is 19.1. The molecule has 5 nitrogen and oxygen atoms in total. The van der Waals surface area contributed by atoms with Gasteiger partial charge in [-0.15, -0.1) is 0 Å². The van der Waals surface area contributed by atoms with E-state index in [1.807, 2.05) is 0 Å². The summed E-state index contributed by atoms with van der Waals surface area (Å²) in [5.74, 6) is -0.924. The Kier molecular flexibility index (Phi) is 5.26. The number of benzene rings is 2. The lowest BCUT2D eigenvalue weighted by molar-refractivity contribution is -0.123. The fraction of sp³-hybridized carbons (Fsp3) is 0.158. The van der Waals surface area contributed by atoms with Gasteiger partial charge in [-0.25, -0.2) is 13.8 Å². The van der Waals surface area contributed by atoms with E-state index < -0.39 is 23.6 Å². The fourth-order valence-electron chi connectivity index (χ4n) is 2.55. The molecule has 0 saturated carbocycles. The number of para-hydroxylation sites is 1. The van der Waals surface area contributed by atoms with Crippen LogP contribution in [-0.4, -0.2) is 22.1 Å². The number of nitrogens with zero attached hydrogens (tertiary/aromatic N) is 2. The number of carbonyl (C=O) groups is 1. The zero-order chi connectivity index (χ0) is 18.5. The van der Waals surface area contributed by atoms with Gasteiger partial charge in [0.25, 0.3) is 5.91 Å². The summed E-state index contributed by atoms with van der Waals surface area (Å²) >= 11 is 0. The Morgan fingerprint density at radius 1 is 1.23 bits per heavy atom. The maximum absolute atomic E-state index is 13.6. The van der Waals surface area contributed by atoms with E-state index in [0.29, 0.717) is 11.4 Å². The Hall–Kier alpha value is -3.22. The summed E-state index contributed by atoms with van der Waals surface area (Å²) in [5, 5.41) is 2.76. The Morgan fingerprint density at radius 2 is 2.04 bits per heavy atom. The minimum atomic E-state index is -0.664. The fourth-order valence-corrected chi connectivity index (χ4v) is 2.55. The molecular weight excluding hydrogens is 340 g/mol. The van der Waals surface area contributed by atoms with E-state index in [1.54, 1.807) is 42.2 Å². The number of aryl methyl sites for hydroxylation is 1. The average molecular weight is 357 g/mol. The van der Waals surface area contributed by atoms with E-state index in [4.69, 9.17) is 4.74 Å². The lowest BCUT2D eigenvalue weighted by atomic mass is 10.1. The van der Waals surface area contributed by atoms with Gasteiger partial charge in [-0.3, -0.25) is 4.79 Å². The van der Waals surface area contributed by atoms with Gasteiger partial charge in [-0.1, -0.05) is 24.3 Å². The van der Waals surface area contributed by atoms with Gasteiger partial charge < -0.3 is 14.6 Å². The van der Waals surface area contributed by atoms with Crippen LogP contribution in [0.15, 0.2) is 60.9 Å². The van der Waals surface area contributed by atoms with E-state index in [-0.39, 0.29) is 12.4 Å². The summed E-state index contributed by atoms with van der Waals surface area (Å²) < 4.78 is 34.1. The normalized spacial score (nSPS) is 11.8. The number of nitrogens with one attached hydrogen (secondary N) is 1. The van der Waals surface area contributed by atoms with Gasteiger partial charge in [0.05, 0.1) is 0 Å². The maximum Gasteiger partial charge on any atom is 0.258 e. The summed E-state index contributed by atoms with van der Waals surface area (Å²) in [6, 6.07) is 11.1. The molecular formula is C19H17F2N3O2. The van der Waals surface area contributed by atoms with Crippen molar-refractivity contribution in [1.82, 2.24) is 14.9 Å². The van der Waals surface area contributed by atoms with Crippen LogP contribution in [0.2, 0.25) is 0 Å². The molecule has 0 spiro atoms. The SMILES string of the molecule is Cn1ccnc1[C@@H](NC(=O)COc1ccccc1F)c1cccc(F)c1. The van der Waals surface area contributed by atoms with Gasteiger partial charge in [0.1, 0.15) is 17.7 Å². The van der Waals surface area contributed by atoms with Crippen LogP contribution in [0.25, 0.3) is 0 Å². The molecule has 0 radical (unpaired) electrons. The van der Waals surface area contributed by atoms with Crippen LogP contribution >= 0.6 is 0 Å². The molecule has 0 unspecified atom stereocenters. The van der Waals surface area contributed by atoms with Crippen molar-refractivity contribution in [2.45, 2.75) is 6.04 Å². The van der Waals surface area contributed by atoms with E-state index in [1.165, 1.54) is 30.3 Å². The molecule has 0 aliphatic carbocycles. The van der Waals surface area contributed by atoms with Gasteiger partial charge in [0.15, 0.2) is 18.2 Å². The first kappa shape index (κ1) is 17.6. The third-order valence-corrected chi connectivity index (χ3v) is 3.80. The van der Waals surface area contributed by atoms with Crippen LogP contribution < -0.4 is 10.1 Å².